The average Bonchev–Trinajstić information content (AvgIpc) is 2.35. The molecule has 1 N–H and O–H groups in total. The molecule has 0 bridgehead atoms. The number of carbonyl (C=O) groups excluding carboxylic acids is 1. The van der Waals surface area contributed by atoms with Gasteiger partial charge in [0, 0.05) is 18.1 Å². The lowest BCUT2D eigenvalue weighted by atomic mass is 10.1. The Morgan fingerprint density at radius 2 is 1.89 bits per heavy atom. The molecule has 18 heavy (non-hydrogen) atoms. The Hall–Kier alpha value is -1.36. The molecule has 0 spiro atoms. The van der Waals surface area contributed by atoms with Crippen LogP contribution in [0, 0.1) is 5.92 Å². The highest BCUT2D eigenvalue weighted by molar-refractivity contribution is 9.10. The summed E-state index contributed by atoms with van der Waals surface area (Å²) in [5.74, 6) is -2.44. The first-order valence-electron chi connectivity index (χ1n) is 5.64. The predicted molar refractivity (Wildman–Crippen MR) is 72.3 cm³/mol. The van der Waals surface area contributed by atoms with Crippen LogP contribution in [0.3, 0.4) is 0 Å². The molecule has 0 aromatic heterocycles. The minimum Gasteiger partial charge on any atom is -0.481 e. The predicted octanol–water partition coefficient (Wildman–Crippen LogP) is 2.17. The minimum absolute atomic E-state index is 0.361. The van der Waals surface area contributed by atoms with Crippen molar-refractivity contribution in [1.82, 2.24) is 4.90 Å². The standard InChI is InChI=1S/C13H16BrNO3/c1-9(13(17)18)12(16)15(2)8-7-10-3-5-11(14)6-4-10/h3-6,9H,7-8H2,1-2H3,(H,17,18). The number of halogens is 1. The van der Waals surface area contributed by atoms with E-state index in [4.69, 9.17) is 5.11 Å². The number of amides is 1. The van der Waals surface area contributed by atoms with Gasteiger partial charge in [-0.05, 0) is 31.0 Å². The number of benzene rings is 1. The van der Waals surface area contributed by atoms with Crippen LogP contribution >= 0.6 is 15.9 Å². The second-order valence-electron chi connectivity index (χ2n) is 4.20. The van der Waals surface area contributed by atoms with Crippen LogP contribution in [0.4, 0.5) is 0 Å². The van der Waals surface area contributed by atoms with Crippen LogP contribution in [-0.4, -0.2) is 35.5 Å². The van der Waals surface area contributed by atoms with Crippen molar-refractivity contribution in [3.63, 3.8) is 0 Å². The topological polar surface area (TPSA) is 57.6 Å². The van der Waals surface area contributed by atoms with Gasteiger partial charge in [-0.1, -0.05) is 28.1 Å². The van der Waals surface area contributed by atoms with Crippen molar-refractivity contribution in [1.29, 1.82) is 0 Å². The number of nitrogens with zero attached hydrogens (tertiary/aromatic N) is 1. The Morgan fingerprint density at radius 1 is 1.33 bits per heavy atom. The Labute approximate surface area is 115 Å². The summed E-state index contributed by atoms with van der Waals surface area (Å²) < 4.78 is 1.01. The van der Waals surface area contributed by atoms with E-state index in [-0.39, 0.29) is 5.91 Å². The molecule has 0 aliphatic heterocycles. The first-order chi connectivity index (χ1) is 8.41. The van der Waals surface area contributed by atoms with E-state index in [9.17, 15) is 9.59 Å². The second kappa shape index (κ2) is 6.54. The van der Waals surface area contributed by atoms with Crippen molar-refractivity contribution in [2.75, 3.05) is 13.6 Å². The number of carbonyl (C=O) groups is 2. The van der Waals surface area contributed by atoms with Gasteiger partial charge < -0.3 is 10.0 Å². The van der Waals surface area contributed by atoms with Gasteiger partial charge in [-0.15, -0.1) is 0 Å². The van der Waals surface area contributed by atoms with Crippen LogP contribution in [0.25, 0.3) is 0 Å². The van der Waals surface area contributed by atoms with Crippen molar-refractivity contribution < 1.29 is 14.7 Å². The third-order valence-corrected chi connectivity index (χ3v) is 3.29. The third kappa shape index (κ3) is 4.14. The largest absolute Gasteiger partial charge is 0.481 e. The molecule has 0 heterocycles. The van der Waals surface area contributed by atoms with E-state index in [2.05, 4.69) is 15.9 Å². The molecule has 1 atom stereocenters. The quantitative estimate of drug-likeness (QED) is 0.848. The highest BCUT2D eigenvalue weighted by Gasteiger charge is 2.23. The first-order valence-corrected chi connectivity index (χ1v) is 6.43. The molecule has 1 rings (SSSR count). The molecule has 0 aliphatic rings. The summed E-state index contributed by atoms with van der Waals surface area (Å²) >= 11 is 3.35. The first kappa shape index (κ1) is 14.7. The zero-order valence-corrected chi connectivity index (χ0v) is 12.0. The molecule has 0 saturated heterocycles. The Morgan fingerprint density at radius 3 is 2.39 bits per heavy atom. The zero-order valence-electron chi connectivity index (χ0n) is 10.4. The number of carboxylic acids is 1. The molecule has 1 unspecified atom stereocenters. The Balaban J connectivity index is 2.50. The molecule has 0 saturated carbocycles. The fourth-order valence-electron chi connectivity index (χ4n) is 1.49. The summed E-state index contributed by atoms with van der Waals surface area (Å²) in [6.07, 6.45) is 0.710. The third-order valence-electron chi connectivity index (χ3n) is 2.77. The number of likely N-dealkylation sites (N-methyl/N-ethyl adjacent to an activating group) is 1. The highest BCUT2D eigenvalue weighted by Crippen LogP contribution is 2.11. The maximum atomic E-state index is 11.7. The van der Waals surface area contributed by atoms with E-state index in [0.29, 0.717) is 13.0 Å². The molecule has 1 aromatic rings. The van der Waals surface area contributed by atoms with Gasteiger partial charge in [0.15, 0.2) is 0 Å². The lowest BCUT2D eigenvalue weighted by Gasteiger charge is -2.19. The summed E-state index contributed by atoms with van der Waals surface area (Å²) in [5, 5.41) is 8.76. The van der Waals surface area contributed by atoms with Gasteiger partial charge in [-0.2, -0.15) is 0 Å². The maximum absolute atomic E-state index is 11.7. The van der Waals surface area contributed by atoms with E-state index in [1.807, 2.05) is 24.3 Å². The van der Waals surface area contributed by atoms with Gasteiger partial charge in [0.1, 0.15) is 5.92 Å². The molecule has 98 valence electrons. The molecule has 4 nitrogen and oxygen atoms in total. The van der Waals surface area contributed by atoms with Gasteiger partial charge >= 0.3 is 5.97 Å². The van der Waals surface area contributed by atoms with E-state index in [1.54, 1.807) is 7.05 Å². The average molecular weight is 314 g/mol. The summed E-state index contributed by atoms with van der Waals surface area (Å²) in [4.78, 5) is 23.9. The van der Waals surface area contributed by atoms with Gasteiger partial charge in [-0.3, -0.25) is 9.59 Å². The van der Waals surface area contributed by atoms with E-state index >= 15 is 0 Å². The SMILES string of the molecule is CC(C(=O)O)C(=O)N(C)CCc1ccc(Br)cc1. The number of hydrogen-bond donors (Lipinski definition) is 1. The molecule has 0 aliphatic carbocycles. The summed E-state index contributed by atoms with van der Waals surface area (Å²) in [6.45, 7) is 1.92. The summed E-state index contributed by atoms with van der Waals surface area (Å²) in [5.41, 5.74) is 1.11. The summed E-state index contributed by atoms with van der Waals surface area (Å²) in [7, 11) is 1.63. The van der Waals surface area contributed by atoms with Gasteiger partial charge in [0.05, 0.1) is 0 Å². The molecule has 5 heteroatoms. The molecular formula is C13H16BrNO3. The molecule has 1 amide bonds. The van der Waals surface area contributed by atoms with Gasteiger partial charge in [0.2, 0.25) is 5.91 Å². The number of carboxylic acid groups (broad SMARTS) is 1. The molecular weight excluding hydrogens is 298 g/mol. The fraction of sp³-hybridized carbons (Fsp3) is 0.385. The number of rotatable bonds is 5. The van der Waals surface area contributed by atoms with Crippen LogP contribution in [0.5, 0.6) is 0 Å². The summed E-state index contributed by atoms with van der Waals surface area (Å²) in [6, 6.07) is 7.83. The van der Waals surface area contributed by atoms with Crippen LogP contribution in [0.15, 0.2) is 28.7 Å². The fourth-order valence-corrected chi connectivity index (χ4v) is 1.76. The monoisotopic (exact) mass is 313 g/mol. The normalized spacial score (nSPS) is 11.9. The lowest BCUT2D eigenvalue weighted by Crippen LogP contribution is -2.36. The van der Waals surface area contributed by atoms with Gasteiger partial charge in [-0.25, -0.2) is 0 Å². The second-order valence-corrected chi connectivity index (χ2v) is 5.11. The van der Waals surface area contributed by atoms with Gasteiger partial charge in [0.25, 0.3) is 0 Å². The number of hydrogen-bond acceptors (Lipinski definition) is 2. The van der Waals surface area contributed by atoms with Crippen LogP contribution < -0.4 is 0 Å². The van der Waals surface area contributed by atoms with E-state index < -0.39 is 11.9 Å². The van der Waals surface area contributed by atoms with Crippen molar-refractivity contribution in [3.05, 3.63) is 34.3 Å². The lowest BCUT2D eigenvalue weighted by molar-refractivity contribution is -0.149. The van der Waals surface area contributed by atoms with Crippen LogP contribution in [0.2, 0.25) is 0 Å². The number of aliphatic carboxylic acids is 1. The molecule has 1 aromatic carbocycles. The van der Waals surface area contributed by atoms with E-state index in [0.717, 1.165) is 10.0 Å². The Kier molecular flexibility index (Phi) is 5.34. The van der Waals surface area contributed by atoms with Crippen molar-refractivity contribution in [3.8, 4) is 0 Å². The highest BCUT2D eigenvalue weighted by atomic mass is 79.9. The van der Waals surface area contributed by atoms with E-state index in [1.165, 1.54) is 11.8 Å². The van der Waals surface area contributed by atoms with Crippen LogP contribution in [0.1, 0.15) is 12.5 Å². The Bertz CT molecular complexity index is 430. The van der Waals surface area contributed by atoms with Crippen molar-refractivity contribution in [2.24, 2.45) is 5.92 Å². The van der Waals surface area contributed by atoms with Crippen molar-refractivity contribution in [2.45, 2.75) is 13.3 Å². The zero-order chi connectivity index (χ0) is 13.7. The molecule has 0 radical (unpaired) electrons. The minimum atomic E-state index is -1.09. The smallest absolute Gasteiger partial charge is 0.315 e. The molecule has 0 fully saturated rings. The maximum Gasteiger partial charge on any atom is 0.315 e. The van der Waals surface area contributed by atoms with Crippen LogP contribution in [-0.2, 0) is 16.0 Å². The van der Waals surface area contributed by atoms with Crippen molar-refractivity contribution >= 4 is 27.8 Å².